The van der Waals surface area contributed by atoms with Crippen molar-refractivity contribution < 1.29 is 4.74 Å². The molecule has 158 valence electrons. The van der Waals surface area contributed by atoms with E-state index in [1.165, 1.54) is 56.9 Å². The fourth-order valence-corrected chi connectivity index (χ4v) is 4.67. The van der Waals surface area contributed by atoms with Crippen LogP contribution in [-0.2, 0) is 6.42 Å². The minimum absolute atomic E-state index is 0.784. The van der Waals surface area contributed by atoms with Crippen molar-refractivity contribution in [1.29, 1.82) is 0 Å². The summed E-state index contributed by atoms with van der Waals surface area (Å²) in [5.41, 5.74) is 2.24. The van der Waals surface area contributed by atoms with Crippen LogP contribution in [0, 0.1) is 11.8 Å². The van der Waals surface area contributed by atoms with Crippen molar-refractivity contribution in [2.45, 2.75) is 84.5 Å². The van der Waals surface area contributed by atoms with Crippen molar-refractivity contribution in [3.63, 3.8) is 0 Å². The Morgan fingerprint density at radius 1 is 0.862 bits per heavy atom. The number of rotatable bonds is 11. The lowest BCUT2D eigenvalue weighted by Gasteiger charge is -2.31. The van der Waals surface area contributed by atoms with E-state index in [-0.39, 0.29) is 0 Å². The third-order valence-corrected chi connectivity index (χ3v) is 6.34. The maximum atomic E-state index is 6.01. The fourth-order valence-electron chi connectivity index (χ4n) is 4.67. The minimum atomic E-state index is 0.784. The number of nitrogens with zero attached hydrogens (tertiary/aromatic N) is 2. The number of hydrogen-bond acceptors (Lipinski definition) is 3. The summed E-state index contributed by atoms with van der Waals surface area (Å²) in [5.74, 6) is 3.62. The molecule has 3 rings (SSSR count). The van der Waals surface area contributed by atoms with E-state index in [2.05, 4.69) is 35.9 Å². The Morgan fingerprint density at radius 2 is 1.52 bits per heavy atom. The van der Waals surface area contributed by atoms with E-state index in [0.717, 1.165) is 54.8 Å². The number of aromatic nitrogens is 2. The molecular formula is C26H38N2O. The van der Waals surface area contributed by atoms with E-state index in [1.54, 1.807) is 0 Å². The van der Waals surface area contributed by atoms with Crippen LogP contribution in [0.1, 0.15) is 83.6 Å². The Morgan fingerprint density at radius 3 is 2.14 bits per heavy atom. The lowest BCUT2D eigenvalue weighted by molar-refractivity contribution is 0.191. The van der Waals surface area contributed by atoms with Gasteiger partial charge in [0.2, 0.25) is 0 Å². The van der Waals surface area contributed by atoms with E-state index < -0.39 is 0 Å². The molecule has 29 heavy (non-hydrogen) atoms. The first-order valence-electron chi connectivity index (χ1n) is 11.8. The second-order valence-corrected chi connectivity index (χ2v) is 8.63. The maximum Gasteiger partial charge on any atom is 0.159 e. The zero-order chi connectivity index (χ0) is 20.3. The number of aryl methyl sites for hydroxylation is 1. The summed E-state index contributed by atoms with van der Waals surface area (Å²) in [4.78, 5) is 9.00. The standard InChI is InChI=1S/C26H38N2O/c1-3-5-10-22-11-6-7-12-23(22)13-8-18-29-25-16-14-24(15-17-25)26-27-19-21(9-4-2)20-28-26/h14-17,19-20,22-23H,3-13,18H2,1-2H3. The van der Waals surface area contributed by atoms with E-state index in [9.17, 15) is 0 Å². The van der Waals surface area contributed by atoms with Gasteiger partial charge in [0.15, 0.2) is 5.82 Å². The van der Waals surface area contributed by atoms with Gasteiger partial charge in [-0.1, -0.05) is 65.2 Å². The molecule has 1 aliphatic carbocycles. The minimum Gasteiger partial charge on any atom is -0.494 e. The summed E-state index contributed by atoms with van der Waals surface area (Å²) in [6.45, 7) is 5.30. The summed E-state index contributed by atoms with van der Waals surface area (Å²) in [6, 6.07) is 8.21. The quantitative estimate of drug-likeness (QED) is 0.376. The summed E-state index contributed by atoms with van der Waals surface area (Å²) in [5, 5.41) is 0. The van der Waals surface area contributed by atoms with Crippen LogP contribution >= 0.6 is 0 Å². The van der Waals surface area contributed by atoms with Crippen LogP contribution in [-0.4, -0.2) is 16.6 Å². The zero-order valence-corrected chi connectivity index (χ0v) is 18.4. The zero-order valence-electron chi connectivity index (χ0n) is 18.4. The van der Waals surface area contributed by atoms with E-state index in [1.807, 2.05) is 24.5 Å². The largest absolute Gasteiger partial charge is 0.494 e. The van der Waals surface area contributed by atoms with Crippen LogP contribution in [0.15, 0.2) is 36.7 Å². The predicted octanol–water partition coefficient (Wildman–Crippen LogP) is 7.25. The Labute approximate surface area is 177 Å². The molecule has 0 amide bonds. The van der Waals surface area contributed by atoms with Crippen LogP contribution < -0.4 is 4.74 Å². The molecule has 0 spiro atoms. The molecule has 1 aromatic carbocycles. The molecule has 1 aliphatic rings. The molecule has 1 saturated carbocycles. The van der Waals surface area contributed by atoms with Gasteiger partial charge in [0.05, 0.1) is 6.61 Å². The van der Waals surface area contributed by atoms with E-state index in [4.69, 9.17) is 4.74 Å². The number of benzene rings is 1. The molecule has 0 saturated heterocycles. The average Bonchev–Trinajstić information content (AvgIpc) is 2.77. The fraction of sp³-hybridized carbons (Fsp3) is 0.615. The first-order chi connectivity index (χ1) is 14.3. The molecule has 1 fully saturated rings. The van der Waals surface area contributed by atoms with Crippen molar-refractivity contribution in [2.75, 3.05) is 6.61 Å². The monoisotopic (exact) mass is 394 g/mol. The number of ether oxygens (including phenoxy) is 1. The average molecular weight is 395 g/mol. The molecule has 2 atom stereocenters. The van der Waals surface area contributed by atoms with Crippen LogP contribution in [0.4, 0.5) is 0 Å². The van der Waals surface area contributed by atoms with E-state index in [0.29, 0.717) is 0 Å². The summed E-state index contributed by atoms with van der Waals surface area (Å²) < 4.78 is 6.01. The highest BCUT2D eigenvalue weighted by atomic mass is 16.5. The van der Waals surface area contributed by atoms with Crippen molar-refractivity contribution in [1.82, 2.24) is 9.97 Å². The molecule has 2 aromatic rings. The second kappa shape index (κ2) is 11.9. The molecule has 0 aliphatic heterocycles. The highest BCUT2D eigenvalue weighted by Crippen LogP contribution is 2.36. The number of hydrogen-bond donors (Lipinski definition) is 0. The Bertz CT molecular complexity index is 696. The molecule has 2 unspecified atom stereocenters. The van der Waals surface area contributed by atoms with Crippen molar-refractivity contribution in [3.05, 3.63) is 42.2 Å². The highest BCUT2D eigenvalue weighted by Gasteiger charge is 2.23. The molecule has 3 nitrogen and oxygen atoms in total. The molecule has 1 heterocycles. The predicted molar refractivity (Wildman–Crippen MR) is 121 cm³/mol. The van der Waals surface area contributed by atoms with Gasteiger partial charge in [-0.25, -0.2) is 9.97 Å². The number of unbranched alkanes of at least 4 members (excludes halogenated alkanes) is 1. The van der Waals surface area contributed by atoms with Gasteiger partial charge in [-0.2, -0.15) is 0 Å². The van der Waals surface area contributed by atoms with E-state index >= 15 is 0 Å². The molecule has 0 N–H and O–H groups in total. The van der Waals surface area contributed by atoms with Crippen molar-refractivity contribution in [2.24, 2.45) is 11.8 Å². The summed E-state index contributed by atoms with van der Waals surface area (Å²) in [6.07, 6.45) is 18.4. The molecular weight excluding hydrogens is 356 g/mol. The first-order valence-corrected chi connectivity index (χ1v) is 11.8. The van der Waals surface area contributed by atoms with Gasteiger partial charge in [0.25, 0.3) is 0 Å². The Hall–Kier alpha value is -1.90. The summed E-state index contributed by atoms with van der Waals surface area (Å²) >= 11 is 0. The lowest BCUT2D eigenvalue weighted by Crippen LogP contribution is -2.20. The maximum absolute atomic E-state index is 6.01. The van der Waals surface area contributed by atoms with Gasteiger partial charge < -0.3 is 4.74 Å². The summed E-state index contributed by atoms with van der Waals surface area (Å²) in [7, 11) is 0. The third kappa shape index (κ3) is 6.83. The lowest BCUT2D eigenvalue weighted by atomic mass is 9.75. The first kappa shape index (κ1) is 21.8. The van der Waals surface area contributed by atoms with Gasteiger partial charge in [-0.15, -0.1) is 0 Å². The van der Waals surface area contributed by atoms with Crippen LogP contribution in [0.3, 0.4) is 0 Å². The Balaban J connectivity index is 1.43. The van der Waals surface area contributed by atoms with Gasteiger partial charge in [0, 0.05) is 18.0 Å². The van der Waals surface area contributed by atoms with Crippen LogP contribution in [0.25, 0.3) is 11.4 Å². The molecule has 0 radical (unpaired) electrons. The Kier molecular flexibility index (Phi) is 8.98. The molecule has 0 bridgehead atoms. The SMILES string of the molecule is CCCCC1CCCCC1CCCOc1ccc(-c2ncc(CCC)cn2)cc1. The van der Waals surface area contributed by atoms with Gasteiger partial charge in [-0.3, -0.25) is 0 Å². The molecule has 3 heteroatoms. The second-order valence-electron chi connectivity index (χ2n) is 8.63. The normalized spacial score (nSPS) is 19.2. The molecule has 1 aromatic heterocycles. The van der Waals surface area contributed by atoms with Crippen molar-refractivity contribution in [3.8, 4) is 17.1 Å². The van der Waals surface area contributed by atoms with Crippen LogP contribution in [0.2, 0.25) is 0 Å². The van der Waals surface area contributed by atoms with Gasteiger partial charge in [0.1, 0.15) is 5.75 Å². The van der Waals surface area contributed by atoms with Gasteiger partial charge >= 0.3 is 0 Å². The van der Waals surface area contributed by atoms with Gasteiger partial charge in [-0.05, 0) is 60.9 Å². The topological polar surface area (TPSA) is 35.0 Å². The highest BCUT2D eigenvalue weighted by molar-refractivity contribution is 5.55. The smallest absolute Gasteiger partial charge is 0.159 e. The van der Waals surface area contributed by atoms with Crippen molar-refractivity contribution >= 4 is 0 Å². The van der Waals surface area contributed by atoms with Crippen LogP contribution in [0.5, 0.6) is 5.75 Å². The third-order valence-electron chi connectivity index (χ3n) is 6.34.